The summed E-state index contributed by atoms with van der Waals surface area (Å²) in [5.74, 6) is 0.564. The molecule has 2 rings (SSSR count). The molecular formula is C14H8Br3NO. The van der Waals surface area contributed by atoms with Crippen LogP contribution in [0.1, 0.15) is 11.1 Å². The maximum atomic E-state index is 9.12. The fraction of sp³-hybridized carbons (Fsp3) is 0.0714. The van der Waals surface area contributed by atoms with E-state index >= 15 is 0 Å². The molecule has 0 atom stereocenters. The first-order valence-corrected chi connectivity index (χ1v) is 7.74. The van der Waals surface area contributed by atoms with Gasteiger partial charge < -0.3 is 4.74 Å². The van der Waals surface area contributed by atoms with Gasteiger partial charge in [-0.2, -0.15) is 5.26 Å². The fourth-order valence-corrected chi connectivity index (χ4v) is 3.13. The van der Waals surface area contributed by atoms with Gasteiger partial charge in [-0.05, 0) is 45.8 Å². The van der Waals surface area contributed by atoms with E-state index in [1.807, 2.05) is 30.3 Å². The number of ether oxygens (including phenoxy) is 1. The average Bonchev–Trinajstić information content (AvgIpc) is 2.39. The molecular weight excluding hydrogens is 438 g/mol. The lowest BCUT2D eigenvalue weighted by Gasteiger charge is -2.10. The van der Waals surface area contributed by atoms with Crippen molar-refractivity contribution in [2.45, 2.75) is 6.61 Å². The van der Waals surface area contributed by atoms with Crippen molar-refractivity contribution in [2.24, 2.45) is 0 Å². The van der Waals surface area contributed by atoms with Crippen molar-refractivity contribution in [3.8, 4) is 11.8 Å². The predicted octanol–water partition coefficient (Wildman–Crippen LogP) is 5.42. The van der Waals surface area contributed by atoms with E-state index < -0.39 is 0 Å². The lowest BCUT2D eigenvalue weighted by Crippen LogP contribution is -1.98. The van der Waals surface area contributed by atoms with Crippen molar-refractivity contribution in [3.63, 3.8) is 0 Å². The first kappa shape index (κ1) is 14.6. The summed E-state index contributed by atoms with van der Waals surface area (Å²) in [6.07, 6.45) is 0. The zero-order valence-electron chi connectivity index (χ0n) is 9.66. The van der Waals surface area contributed by atoms with E-state index in [1.165, 1.54) is 0 Å². The van der Waals surface area contributed by atoms with Crippen molar-refractivity contribution in [3.05, 3.63) is 60.9 Å². The SMILES string of the molecule is N#Cc1cc(Br)cc(Br)c1OCc1ccc(Br)cc1. The van der Waals surface area contributed by atoms with Crippen LogP contribution in [0.3, 0.4) is 0 Å². The normalized spacial score (nSPS) is 10.0. The van der Waals surface area contributed by atoms with Crippen molar-refractivity contribution >= 4 is 47.8 Å². The maximum Gasteiger partial charge on any atom is 0.151 e. The molecule has 2 aromatic carbocycles. The van der Waals surface area contributed by atoms with Crippen LogP contribution in [0.4, 0.5) is 0 Å². The molecule has 0 aliphatic rings. The Morgan fingerprint density at radius 1 is 1.00 bits per heavy atom. The molecule has 0 amide bonds. The Morgan fingerprint density at radius 3 is 2.32 bits per heavy atom. The van der Waals surface area contributed by atoms with Gasteiger partial charge >= 0.3 is 0 Å². The Hall–Kier alpha value is -0.830. The molecule has 0 N–H and O–H groups in total. The smallest absolute Gasteiger partial charge is 0.151 e. The molecule has 2 nitrogen and oxygen atoms in total. The minimum absolute atomic E-state index is 0.419. The molecule has 0 heterocycles. The van der Waals surface area contributed by atoms with E-state index in [0.717, 1.165) is 19.0 Å². The molecule has 2 aromatic rings. The second-order valence-corrected chi connectivity index (χ2v) is 6.48. The zero-order chi connectivity index (χ0) is 13.8. The summed E-state index contributed by atoms with van der Waals surface area (Å²) in [6, 6.07) is 13.6. The van der Waals surface area contributed by atoms with Crippen LogP contribution in [0.15, 0.2) is 49.8 Å². The quantitative estimate of drug-likeness (QED) is 0.631. The van der Waals surface area contributed by atoms with E-state index in [9.17, 15) is 0 Å². The van der Waals surface area contributed by atoms with Crippen LogP contribution in [-0.4, -0.2) is 0 Å². The number of nitrogens with zero attached hydrogens (tertiary/aromatic N) is 1. The molecule has 0 bridgehead atoms. The first-order chi connectivity index (χ1) is 9.10. The van der Waals surface area contributed by atoms with Crippen LogP contribution in [0.5, 0.6) is 5.75 Å². The zero-order valence-corrected chi connectivity index (χ0v) is 14.4. The summed E-state index contributed by atoms with van der Waals surface area (Å²) < 4.78 is 8.36. The number of halogens is 3. The van der Waals surface area contributed by atoms with Crippen LogP contribution >= 0.6 is 47.8 Å². The second kappa shape index (κ2) is 6.56. The molecule has 0 saturated carbocycles. The molecule has 96 valence electrons. The number of hydrogen-bond donors (Lipinski definition) is 0. The van der Waals surface area contributed by atoms with Crippen LogP contribution in [0.25, 0.3) is 0 Å². The van der Waals surface area contributed by atoms with Gasteiger partial charge in [0.05, 0.1) is 10.0 Å². The van der Waals surface area contributed by atoms with E-state index in [2.05, 4.69) is 53.9 Å². The molecule has 0 fully saturated rings. The lowest BCUT2D eigenvalue weighted by atomic mass is 10.2. The number of benzene rings is 2. The largest absolute Gasteiger partial charge is 0.486 e. The van der Waals surface area contributed by atoms with Gasteiger partial charge in [0.15, 0.2) is 5.75 Å². The summed E-state index contributed by atoms with van der Waals surface area (Å²) in [7, 11) is 0. The number of hydrogen-bond acceptors (Lipinski definition) is 2. The highest BCUT2D eigenvalue weighted by molar-refractivity contribution is 9.11. The van der Waals surface area contributed by atoms with Crippen molar-refractivity contribution in [2.75, 3.05) is 0 Å². The van der Waals surface area contributed by atoms with Gasteiger partial charge in [0.1, 0.15) is 12.7 Å². The predicted molar refractivity (Wildman–Crippen MR) is 85.0 cm³/mol. The Balaban J connectivity index is 2.20. The van der Waals surface area contributed by atoms with Gasteiger partial charge in [0, 0.05) is 8.95 Å². The maximum absolute atomic E-state index is 9.12. The van der Waals surface area contributed by atoms with Gasteiger partial charge in [-0.25, -0.2) is 0 Å². The van der Waals surface area contributed by atoms with Crippen LogP contribution in [0, 0.1) is 11.3 Å². The van der Waals surface area contributed by atoms with Crippen molar-refractivity contribution in [1.29, 1.82) is 5.26 Å². The van der Waals surface area contributed by atoms with Crippen LogP contribution in [-0.2, 0) is 6.61 Å². The number of nitriles is 1. The minimum atomic E-state index is 0.419. The van der Waals surface area contributed by atoms with E-state index in [0.29, 0.717) is 17.9 Å². The molecule has 5 heteroatoms. The monoisotopic (exact) mass is 443 g/mol. The molecule has 0 spiro atoms. The third-order valence-electron chi connectivity index (χ3n) is 2.43. The summed E-state index contributed by atoms with van der Waals surface area (Å²) >= 11 is 10.1. The highest BCUT2D eigenvalue weighted by atomic mass is 79.9. The Kier molecular flexibility index (Phi) is 5.03. The van der Waals surface area contributed by atoms with E-state index in [4.69, 9.17) is 10.00 Å². The summed E-state index contributed by atoms with van der Waals surface area (Å²) in [5.41, 5.74) is 1.54. The average molecular weight is 446 g/mol. The fourth-order valence-electron chi connectivity index (χ4n) is 1.53. The number of rotatable bonds is 3. The highest BCUT2D eigenvalue weighted by Gasteiger charge is 2.10. The summed E-state index contributed by atoms with van der Waals surface area (Å²) in [6.45, 7) is 0.419. The minimum Gasteiger partial charge on any atom is -0.486 e. The Labute approximate surface area is 136 Å². The van der Waals surface area contributed by atoms with E-state index in [-0.39, 0.29) is 0 Å². The highest BCUT2D eigenvalue weighted by Crippen LogP contribution is 2.33. The molecule has 0 unspecified atom stereocenters. The topological polar surface area (TPSA) is 33.0 Å². The van der Waals surface area contributed by atoms with Crippen molar-refractivity contribution < 1.29 is 4.74 Å². The molecule has 0 aliphatic carbocycles. The standard InChI is InChI=1S/C14H8Br3NO/c15-11-3-1-9(2-4-11)8-19-14-10(7-18)5-12(16)6-13(14)17/h1-6H,8H2. The third kappa shape index (κ3) is 3.82. The van der Waals surface area contributed by atoms with Crippen molar-refractivity contribution in [1.82, 2.24) is 0 Å². The van der Waals surface area contributed by atoms with E-state index in [1.54, 1.807) is 6.07 Å². The lowest BCUT2D eigenvalue weighted by molar-refractivity contribution is 0.303. The van der Waals surface area contributed by atoms with Crippen LogP contribution in [0.2, 0.25) is 0 Å². The van der Waals surface area contributed by atoms with Crippen LogP contribution < -0.4 is 4.74 Å². The summed E-state index contributed by atoms with van der Waals surface area (Å²) in [5, 5.41) is 9.12. The van der Waals surface area contributed by atoms with Gasteiger partial charge in [0.25, 0.3) is 0 Å². The van der Waals surface area contributed by atoms with Gasteiger partial charge in [-0.15, -0.1) is 0 Å². The van der Waals surface area contributed by atoms with Gasteiger partial charge in [0.2, 0.25) is 0 Å². The molecule has 0 aliphatic heterocycles. The molecule has 19 heavy (non-hydrogen) atoms. The second-order valence-electron chi connectivity index (χ2n) is 3.79. The molecule has 0 saturated heterocycles. The first-order valence-electron chi connectivity index (χ1n) is 5.36. The summed E-state index contributed by atoms with van der Waals surface area (Å²) in [4.78, 5) is 0. The Morgan fingerprint density at radius 2 is 1.68 bits per heavy atom. The molecule has 0 aromatic heterocycles. The van der Waals surface area contributed by atoms with Gasteiger partial charge in [-0.3, -0.25) is 0 Å². The third-order valence-corrected chi connectivity index (χ3v) is 4.00. The van der Waals surface area contributed by atoms with Gasteiger partial charge in [-0.1, -0.05) is 44.0 Å². The Bertz CT molecular complexity index is 632. The molecule has 0 radical (unpaired) electrons.